The first kappa shape index (κ1) is 19.3. The normalized spacial score (nSPS) is 11.5. The number of ether oxygens (including phenoxy) is 2. The minimum absolute atomic E-state index is 0.00454. The van der Waals surface area contributed by atoms with E-state index < -0.39 is 5.97 Å². The molecule has 0 aliphatic heterocycles. The van der Waals surface area contributed by atoms with E-state index in [1.54, 1.807) is 0 Å². The van der Waals surface area contributed by atoms with Crippen molar-refractivity contribution in [3.63, 3.8) is 0 Å². The summed E-state index contributed by atoms with van der Waals surface area (Å²) in [7, 11) is 2.85. The Labute approximate surface area is 152 Å². The van der Waals surface area contributed by atoms with Gasteiger partial charge in [-0.2, -0.15) is 0 Å². The smallest absolute Gasteiger partial charge is 0.335 e. The average Bonchev–Trinajstić information content (AvgIpc) is 2.60. The average molecular weight is 357 g/mol. The number of anilines is 1. The number of aryl methyl sites for hydroxylation is 1. The van der Waals surface area contributed by atoms with E-state index in [4.69, 9.17) is 9.47 Å². The summed E-state index contributed by atoms with van der Waals surface area (Å²) in [6.45, 7) is 3.99. The highest BCUT2D eigenvalue weighted by Gasteiger charge is 2.19. The van der Waals surface area contributed by atoms with Gasteiger partial charge in [0.2, 0.25) is 5.91 Å². The second kappa shape index (κ2) is 8.38. The molecule has 0 radical (unpaired) electrons. The summed E-state index contributed by atoms with van der Waals surface area (Å²) in [5.74, 6) is -0.797. The maximum Gasteiger partial charge on any atom is 0.335 e. The van der Waals surface area contributed by atoms with Crippen LogP contribution in [0.5, 0.6) is 11.5 Å². The van der Waals surface area contributed by atoms with Gasteiger partial charge in [-0.3, -0.25) is 4.79 Å². The number of carboxylic acid groups (broad SMARTS) is 1. The largest absolute Gasteiger partial charge is 0.493 e. The van der Waals surface area contributed by atoms with Crippen LogP contribution in [-0.4, -0.2) is 31.2 Å². The fourth-order valence-corrected chi connectivity index (χ4v) is 2.91. The van der Waals surface area contributed by atoms with E-state index in [1.165, 1.54) is 26.4 Å². The lowest BCUT2D eigenvalue weighted by Crippen LogP contribution is -2.16. The zero-order valence-electron chi connectivity index (χ0n) is 15.3. The number of hydrogen-bond acceptors (Lipinski definition) is 4. The van der Waals surface area contributed by atoms with Crippen molar-refractivity contribution in [2.75, 3.05) is 19.5 Å². The molecule has 1 unspecified atom stereocenters. The van der Waals surface area contributed by atoms with Gasteiger partial charge < -0.3 is 19.9 Å². The summed E-state index contributed by atoms with van der Waals surface area (Å²) in [4.78, 5) is 23.8. The van der Waals surface area contributed by atoms with E-state index in [2.05, 4.69) is 5.32 Å². The quantitative estimate of drug-likeness (QED) is 0.786. The highest BCUT2D eigenvalue weighted by Crippen LogP contribution is 2.37. The van der Waals surface area contributed by atoms with E-state index in [-0.39, 0.29) is 41.0 Å². The van der Waals surface area contributed by atoms with Gasteiger partial charge in [0.25, 0.3) is 0 Å². The number of carbonyl (C=O) groups excluding carboxylic acids is 1. The van der Waals surface area contributed by atoms with Crippen LogP contribution in [0.2, 0.25) is 0 Å². The molecule has 1 amide bonds. The standard InChI is InChI=1S/C20H23NO5/c1-12-7-5-6-8-15(12)13(2)9-18(22)21-16-10-14(20(23)24)11-17(25-3)19(16)26-4/h5-8,10-11,13H,9H2,1-4H3,(H,21,22)(H,23,24). The van der Waals surface area contributed by atoms with E-state index in [0.717, 1.165) is 11.1 Å². The first-order valence-electron chi connectivity index (χ1n) is 8.22. The summed E-state index contributed by atoms with van der Waals surface area (Å²) in [6.07, 6.45) is 0.258. The lowest BCUT2D eigenvalue weighted by atomic mass is 9.93. The van der Waals surface area contributed by atoms with Gasteiger partial charge in [-0.1, -0.05) is 31.2 Å². The molecule has 2 N–H and O–H groups in total. The number of aromatic carboxylic acids is 1. The van der Waals surface area contributed by atoms with Crippen molar-refractivity contribution in [3.8, 4) is 11.5 Å². The van der Waals surface area contributed by atoms with E-state index >= 15 is 0 Å². The molecule has 138 valence electrons. The van der Waals surface area contributed by atoms with Crippen molar-refractivity contribution < 1.29 is 24.2 Å². The van der Waals surface area contributed by atoms with Gasteiger partial charge in [-0.25, -0.2) is 4.79 Å². The van der Waals surface area contributed by atoms with Crippen LogP contribution in [0.1, 0.15) is 40.7 Å². The lowest BCUT2D eigenvalue weighted by Gasteiger charge is -2.17. The molecular weight excluding hydrogens is 334 g/mol. The maximum atomic E-state index is 12.5. The molecule has 0 aliphatic rings. The van der Waals surface area contributed by atoms with E-state index in [1.807, 2.05) is 38.1 Å². The molecule has 6 heteroatoms. The Hall–Kier alpha value is -3.02. The number of benzene rings is 2. The van der Waals surface area contributed by atoms with Crippen LogP contribution in [-0.2, 0) is 4.79 Å². The fraction of sp³-hybridized carbons (Fsp3) is 0.300. The second-order valence-electron chi connectivity index (χ2n) is 6.07. The van der Waals surface area contributed by atoms with Crippen molar-refractivity contribution in [1.82, 2.24) is 0 Å². The maximum absolute atomic E-state index is 12.5. The van der Waals surface area contributed by atoms with Crippen LogP contribution >= 0.6 is 0 Å². The molecule has 2 aromatic carbocycles. The summed E-state index contributed by atoms with van der Waals surface area (Å²) in [5.41, 5.74) is 2.50. The molecule has 2 rings (SSSR count). The predicted octanol–water partition coefficient (Wildman–Crippen LogP) is 3.84. The Kier molecular flexibility index (Phi) is 6.22. The van der Waals surface area contributed by atoms with Crippen molar-refractivity contribution in [2.24, 2.45) is 0 Å². The van der Waals surface area contributed by atoms with Crippen LogP contribution in [0.15, 0.2) is 36.4 Å². The Morgan fingerprint density at radius 2 is 1.85 bits per heavy atom. The molecule has 0 saturated heterocycles. The molecule has 0 bridgehead atoms. The summed E-state index contributed by atoms with van der Waals surface area (Å²) >= 11 is 0. The summed E-state index contributed by atoms with van der Waals surface area (Å²) in [5, 5.41) is 12.0. The third-order valence-corrected chi connectivity index (χ3v) is 4.21. The van der Waals surface area contributed by atoms with Crippen molar-refractivity contribution in [2.45, 2.75) is 26.2 Å². The predicted molar refractivity (Wildman–Crippen MR) is 99.3 cm³/mol. The topological polar surface area (TPSA) is 84.9 Å². The zero-order chi connectivity index (χ0) is 19.3. The van der Waals surface area contributed by atoms with Crippen LogP contribution in [0.4, 0.5) is 5.69 Å². The molecule has 26 heavy (non-hydrogen) atoms. The molecule has 0 aromatic heterocycles. The molecule has 0 spiro atoms. The third-order valence-electron chi connectivity index (χ3n) is 4.21. The minimum Gasteiger partial charge on any atom is -0.493 e. The molecule has 6 nitrogen and oxygen atoms in total. The Morgan fingerprint density at radius 3 is 2.42 bits per heavy atom. The monoisotopic (exact) mass is 357 g/mol. The Balaban J connectivity index is 2.24. The molecule has 0 aliphatic carbocycles. The number of carbonyl (C=O) groups is 2. The minimum atomic E-state index is -1.12. The van der Waals surface area contributed by atoms with Gasteiger partial charge >= 0.3 is 5.97 Å². The first-order valence-corrected chi connectivity index (χ1v) is 8.22. The molecular formula is C20H23NO5. The van der Waals surface area contributed by atoms with Gasteiger partial charge in [0.15, 0.2) is 11.5 Å². The zero-order valence-corrected chi connectivity index (χ0v) is 15.3. The van der Waals surface area contributed by atoms with Gasteiger partial charge in [-0.15, -0.1) is 0 Å². The molecule has 1 atom stereocenters. The van der Waals surface area contributed by atoms with Crippen LogP contribution < -0.4 is 14.8 Å². The van der Waals surface area contributed by atoms with Crippen LogP contribution in [0.3, 0.4) is 0 Å². The molecule has 0 fully saturated rings. The summed E-state index contributed by atoms with van der Waals surface area (Å²) < 4.78 is 10.5. The van der Waals surface area contributed by atoms with Crippen molar-refractivity contribution >= 4 is 17.6 Å². The lowest BCUT2D eigenvalue weighted by molar-refractivity contribution is -0.116. The fourth-order valence-electron chi connectivity index (χ4n) is 2.91. The number of amides is 1. The van der Waals surface area contributed by atoms with Crippen LogP contribution in [0.25, 0.3) is 0 Å². The van der Waals surface area contributed by atoms with Gasteiger partial charge in [-0.05, 0) is 36.1 Å². The summed E-state index contributed by atoms with van der Waals surface area (Å²) in [6, 6.07) is 10.6. The SMILES string of the molecule is COc1cc(C(=O)O)cc(NC(=O)CC(C)c2ccccc2C)c1OC. The molecule has 0 heterocycles. The second-order valence-corrected chi connectivity index (χ2v) is 6.07. The van der Waals surface area contributed by atoms with E-state index in [0.29, 0.717) is 0 Å². The first-order chi connectivity index (χ1) is 12.4. The Bertz CT molecular complexity index is 816. The molecule has 0 saturated carbocycles. The van der Waals surface area contributed by atoms with Crippen molar-refractivity contribution in [1.29, 1.82) is 0 Å². The third kappa shape index (κ3) is 4.33. The highest BCUT2D eigenvalue weighted by molar-refractivity contribution is 5.97. The van der Waals surface area contributed by atoms with Gasteiger partial charge in [0.05, 0.1) is 25.5 Å². The number of nitrogens with one attached hydrogen (secondary N) is 1. The number of hydrogen-bond donors (Lipinski definition) is 2. The number of methoxy groups -OCH3 is 2. The van der Waals surface area contributed by atoms with Crippen LogP contribution in [0, 0.1) is 6.92 Å². The van der Waals surface area contributed by atoms with Gasteiger partial charge in [0, 0.05) is 6.42 Å². The van der Waals surface area contributed by atoms with E-state index in [9.17, 15) is 14.7 Å². The van der Waals surface area contributed by atoms with Gasteiger partial charge in [0.1, 0.15) is 0 Å². The molecule has 2 aromatic rings. The number of carboxylic acids is 1. The van der Waals surface area contributed by atoms with Crippen molar-refractivity contribution in [3.05, 3.63) is 53.1 Å². The Morgan fingerprint density at radius 1 is 1.15 bits per heavy atom. The number of rotatable bonds is 7. The highest BCUT2D eigenvalue weighted by atomic mass is 16.5.